The van der Waals surface area contributed by atoms with Crippen LogP contribution in [0.3, 0.4) is 0 Å². The summed E-state index contributed by atoms with van der Waals surface area (Å²) in [4.78, 5) is 8.13. The third-order valence-electron chi connectivity index (χ3n) is 4.09. The van der Waals surface area contributed by atoms with Crippen molar-refractivity contribution in [3.63, 3.8) is 0 Å². The molecular formula is C20H30IN5O4S. The average Bonchev–Trinajstić information content (AvgIpc) is 2.75. The smallest absolute Gasteiger partial charge is 0.242 e. The SMILES string of the molecule is CN=C(NCCNS(=O)(=O)c1cccnc1)NCc1ccc(C)cc1OCCOC.I. The number of ether oxygens (including phenoxy) is 2. The molecular weight excluding hydrogens is 533 g/mol. The quantitative estimate of drug-likeness (QED) is 0.165. The van der Waals surface area contributed by atoms with E-state index in [0.29, 0.717) is 32.3 Å². The summed E-state index contributed by atoms with van der Waals surface area (Å²) in [7, 11) is -0.294. The van der Waals surface area contributed by atoms with Crippen molar-refractivity contribution in [1.82, 2.24) is 20.3 Å². The molecule has 1 aromatic heterocycles. The predicted octanol–water partition coefficient (Wildman–Crippen LogP) is 1.68. The second-order valence-electron chi connectivity index (χ2n) is 6.39. The average molecular weight is 563 g/mol. The topological polar surface area (TPSA) is 114 Å². The molecule has 0 bridgehead atoms. The van der Waals surface area contributed by atoms with Crippen LogP contribution in [0, 0.1) is 6.92 Å². The van der Waals surface area contributed by atoms with Gasteiger partial charge in [0, 0.05) is 51.7 Å². The molecule has 0 aliphatic rings. The minimum atomic E-state index is -3.58. The van der Waals surface area contributed by atoms with E-state index in [4.69, 9.17) is 9.47 Å². The molecule has 1 aromatic carbocycles. The summed E-state index contributed by atoms with van der Waals surface area (Å²) in [5, 5.41) is 6.29. The Morgan fingerprint density at radius 1 is 1.16 bits per heavy atom. The van der Waals surface area contributed by atoms with Gasteiger partial charge in [0.1, 0.15) is 17.3 Å². The monoisotopic (exact) mass is 563 g/mol. The van der Waals surface area contributed by atoms with Crippen LogP contribution in [-0.2, 0) is 21.3 Å². The zero-order valence-corrected chi connectivity index (χ0v) is 21.1. The number of nitrogens with zero attached hydrogens (tertiary/aromatic N) is 2. The maximum absolute atomic E-state index is 12.2. The molecule has 3 N–H and O–H groups in total. The Bertz CT molecular complexity index is 926. The molecule has 0 saturated heterocycles. The summed E-state index contributed by atoms with van der Waals surface area (Å²) >= 11 is 0. The fourth-order valence-corrected chi connectivity index (χ4v) is 3.53. The maximum atomic E-state index is 12.2. The van der Waals surface area contributed by atoms with E-state index in [1.165, 1.54) is 18.5 Å². The molecule has 0 fully saturated rings. The molecule has 0 spiro atoms. The summed E-state index contributed by atoms with van der Waals surface area (Å²) in [6, 6.07) is 9.08. The second-order valence-corrected chi connectivity index (χ2v) is 8.16. The summed E-state index contributed by atoms with van der Waals surface area (Å²) in [5.74, 6) is 1.35. The van der Waals surface area contributed by atoms with Crippen LogP contribution in [0.5, 0.6) is 5.75 Å². The summed E-state index contributed by atoms with van der Waals surface area (Å²) in [6.45, 7) is 4.06. The standard InChI is InChI=1S/C20H29N5O4S.HI/c1-16-6-7-17(19(13-16)29-12-11-28-3)14-24-20(21-2)23-9-10-25-30(26,27)18-5-4-8-22-15-18;/h4-8,13,15,25H,9-12,14H2,1-3H3,(H2,21,23,24);1H. The van der Waals surface area contributed by atoms with E-state index < -0.39 is 10.0 Å². The van der Waals surface area contributed by atoms with E-state index in [9.17, 15) is 8.42 Å². The number of aromatic nitrogens is 1. The normalized spacial score (nSPS) is 11.5. The Morgan fingerprint density at radius 3 is 2.65 bits per heavy atom. The number of methoxy groups -OCH3 is 1. The number of pyridine rings is 1. The van der Waals surface area contributed by atoms with Crippen molar-refractivity contribution in [2.75, 3.05) is 40.5 Å². The number of rotatable bonds is 11. The molecule has 0 atom stereocenters. The molecule has 0 saturated carbocycles. The number of benzene rings is 1. The van der Waals surface area contributed by atoms with Crippen LogP contribution in [0.2, 0.25) is 0 Å². The summed E-state index contributed by atoms with van der Waals surface area (Å²) in [5.41, 5.74) is 2.09. The lowest BCUT2D eigenvalue weighted by molar-refractivity contribution is 0.145. The van der Waals surface area contributed by atoms with Crippen molar-refractivity contribution in [2.24, 2.45) is 4.99 Å². The third kappa shape index (κ3) is 9.37. The van der Waals surface area contributed by atoms with Gasteiger partial charge in [-0.3, -0.25) is 9.98 Å². The maximum Gasteiger partial charge on any atom is 0.242 e. The summed E-state index contributed by atoms with van der Waals surface area (Å²) in [6.07, 6.45) is 2.84. The highest BCUT2D eigenvalue weighted by molar-refractivity contribution is 14.0. The lowest BCUT2D eigenvalue weighted by Gasteiger charge is -2.15. The molecule has 11 heteroatoms. The Kier molecular flexibility index (Phi) is 12.4. The van der Waals surface area contributed by atoms with E-state index in [2.05, 4.69) is 25.3 Å². The molecule has 0 aliphatic carbocycles. The van der Waals surface area contributed by atoms with Crippen molar-refractivity contribution in [3.8, 4) is 5.75 Å². The van der Waals surface area contributed by atoms with Crippen LogP contribution in [-0.4, -0.2) is 59.8 Å². The first-order valence-corrected chi connectivity index (χ1v) is 11.0. The third-order valence-corrected chi connectivity index (χ3v) is 5.54. The molecule has 0 amide bonds. The van der Waals surface area contributed by atoms with E-state index in [-0.39, 0.29) is 35.4 Å². The van der Waals surface area contributed by atoms with Crippen molar-refractivity contribution in [3.05, 3.63) is 53.9 Å². The lowest BCUT2D eigenvalue weighted by atomic mass is 10.1. The number of aliphatic imine (C=N–C) groups is 1. The Labute approximate surface area is 201 Å². The van der Waals surface area contributed by atoms with Gasteiger partial charge in [-0.1, -0.05) is 12.1 Å². The van der Waals surface area contributed by atoms with Gasteiger partial charge in [-0.15, -0.1) is 24.0 Å². The van der Waals surface area contributed by atoms with Crippen molar-refractivity contribution in [1.29, 1.82) is 0 Å². The molecule has 172 valence electrons. The predicted molar refractivity (Wildman–Crippen MR) is 132 cm³/mol. The van der Waals surface area contributed by atoms with E-state index in [0.717, 1.165) is 16.9 Å². The molecule has 2 aromatic rings. The minimum Gasteiger partial charge on any atom is -0.491 e. The van der Waals surface area contributed by atoms with Crippen molar-refractivity contribution in [2.45, 2.75) is 18.4 Å². The van der Waals surface area contributed by atoms with Crippen LogP contribution in [0.15, 0.2) is 52.6 Å². The number of hydrogen-bond donors (Lipinski definition) is 3. The number of aryl methyl sites for hydroxylation is 1. The van der Waals surface area contributed by atoms with E-state index in [1.54, 1.807) is 20.2 Å². The van der Waals surface area contributed by atoms with E-state index >= 15 is 0 Å². The molecule has 1 heterocycles. The minimum absolute atomic E-state index is 0. The second kappa shape index (κ2) is 14.2. The first-order valence-electron chi connectivity index (χ1n) is 9.51. The number of sulfonamides is 1. The molecule has 2 rings (SSSR count). The van der Waals surface area contributed by atoms with Gasteiger partial charge in [0.15, 0.2) is 5.96 Å². The molecule has 0 radical (unpaired) electrons. The van der Waals surface area contributed by atoms with Crippen molar-refractivity contribution >= 4 is 40.0 Å². The Hall–Kier alpha value is -1.96. The first kappa shape index (κ1) is 27.1. The molecule has 0 aliphatic heterocycles. The van der Waals surface area contributed by atoms with Gasteiger partial charge in [0.25, 0.3) is 0 Å². The van der Waals surface area contributed by atoms with Crippen LogP contribution in [0.25, 0.3) is 0 Å². The largest absolute Gasteiger partial charge is 0.491 e. The highest BCUT2D eigenvalue weighted by Gasteiger charge is 2.13. The van der Waals surface area contributed by atoms with Crippen LogP contribution < -0.4 is 20.1 Å². The highest BCUT2D eigenvalue weighted by atomic mass is 127. The van der Waals surface area contributed by atoms with Gasteiger partial charge in [-0.2, -0.15) is 0 Å². The number of nitrogens with one attached hydrogen (secondary N) is 3. The van der Waals surface area contributed by atoms with Gasteiger partial charge in [0.2, 0.25) is 10.0 Å². The summed E-state index contributed by atoms with van der Waals surface area (Å²) < 4.78 is 37.7. The van der Waals surface area contributed by atoms with Crippen LogP contribution in [0.4, 0.5) is 0 Å². The van der Waals surface area contributed by atoms with Crippen LogP contribution in [0.1, 0.15) is 11.1 Å². The van der Waals surface area contributed by atoms with Gasteiger partial charge in [-0.05, 0) is 30.7 Å². The fraction of sp³-hybridized carbons (Fsp3) is 0.400. The number of guanidine groups is 1. The fourth-order valence-electron chi connectivity index (χ4n) is 2.53. The van der Waals surface area contributed by atoms with Gasteiger partial charge in [-0.25, -0.2) is 13.1 Å². The molecule has 31 heavy (non-hydrogen) atoms. The lowest BCUT2D eigenvalue weighted by Crippen LogP contribution is -2.41. The van der Waals surface area contributed by atoms with Gasteiger partial charge >= 0.3 is 0 Å². The molecule has 0 unspecified atom stereocenters. The Balaban J connectivity index is 0.00000480. The van der Waals surface area contributed by atoms with E-state index in [1.807, 2.05) is 25.1 Å². The molecule has 9 nitrogen and oxygen atoms in total. The zero-order valence-electron chi connectivity index (χ0n) is 17.9. The number of halogens is 1. The number of hydrogen-bond acceptors (Lipinski definition) is 6. The van der Waals surface area contributed by atoms with Crippen molar-refractivity contribution < 1.29 is 17.9 Å². The van der Waals surface area contributed by atoms with Crippen LogP contribution >= 0.6 is 24.0 Å². The Morgan fingerprint density at radius 2 is 1.97 bits per heavy atom. The highest BCUT2D eigenvalue weighted by Crippen LogP contribution is 2.20. The first-order chi connectivity index (χ1) is 14.5. The zero-order chi connectivity index (χ0) is 21.8. The van der Waals surface area contributed by atoms with Gasteiger partial charge < -0.3 is 20.1 Å². The van der Waals surface area contributed by atoms with Gasteiger partial charge in [0.05, 0.1) is 6.61 Å².